The number of hydrogen-bond donors (Lipinski definition) is 2. The van der Waals surface area contributed by atoms with E-state index < -0.39 is 5.97 Å². The van der Waals surface area contributed by atoms with Crippen molar-refractivity contribution in [2.75, 3.05) is 0 Å². The molecular weight excluding hydrogens is 314 g/mol. The largest absolute Gasteiger partial charge is 0.481 e. The van der Waals surface area contributed by atoms with Gasteiger partial charge < -0.3 is 10.4 Å². The van der Waals surface area contributed by atoms with E-state index in [0.717, 1.165) is 31.2 Å². The normalized spacial score (nSPS) is 16.7. The molecule has 23 heavy (non-hydrogen) atoms. The molecule has 4 nitrogen and oxygen atoms in total. The minimum absolute atomic E-state index is 0.00670. The molecule has 126 valence electrons. The number of carboxylic acid groups (broad SMARTS) is 1. The molecule has 1 fully saturated rings. The predicted octanol–water partition coefficient (Wildman–Crippen LogP) is 4.26. The van der Waals surface area contributed by atoms with Gasteiger partial charge in [-0.15, -0.1) is 0 Å². The van der Waals surface area contributed by atoms with Crippen molar-refractivity contribution in [1.29, 1.82) is 0 Å². The third-order valence-electron chi connectivity index (χ3n) is 4.53. The number of nitrogens with one attached hydrogen (secondary N) is 1. The highest BCUT2D eigenvalue weighted by molar-refractivity contribution is 6.30. The molecule has 1 aromatic rings. The Bertz CT molecular complexity index is 536. The van der Waals surface area contributed by atoms with E-state index in [9.17, 15) is 9.59 Å². The third-order valence-corrected chi connectivity index (χ3v) is 4.78. The summed E-state index contributed by atoms with van der Waals surface area (Å²) in [5.74, 6) is -0.803. The highest BCUT2D eigenvalue weighted by atomic mass is 35.5. The van der Waals surface area contributed by atoms with Crippen LogP contribution in [0.15, 0.2) is 24.3 Å². The van der Waals surface area contributed by atoms with Crippen LogP contribution < -0.4 is 5.32 Å². The molecule has 0 heterocycles. The lowest BCUT2D eigenvalue weighted by Gasteiger charge is -2.39. The number of halogens is 1. The molecule has 0 aromatic heterocycles. The molecule has 1 aromatic carbocycles. The van der Waals surface area contributed by atoms with Crippen LogP contribution in [0.3, 0.4) is 0 Å². The van der Waals surface area contributed by atoms with Crippen molar-refractivity contribution < 1.29 is 14.7 Å². The second-order valence-corrected chi connectivity index (χ2v) is 6.74. The quantitative estimate of drug-likeness (QED) is 0.730. The van der Waals surface area contributed by atoms with Gasteiger partial charge in [0.25, 0.3) is 0 Å². The summed E-state index contributed by atoms with van der Waals surface area (Å²) in [7, 11) is 0. The lowest BCUT2D eigenvalue weighted by Crippen LogP contribution is -2.47. The lowest BCUT2D eigenvalue weighted by molar-refractivity contribution is -0.137. The Balaban J connectivity index is 1.99. The second-order valence-electron chi connectivity index (χ2n) is 6.30. The van der Waals surface area contributed by atoms with Crippen LogP contribution in [-0.4, -0.2) is 17.0 Å². The molecule has 0 unspecified atom stereocenters. The SMILES string of the molecule is O=C(O)CCCCC(=O)NC1(c2ccc(Cl)cc2)CCCCC1. The van der Waals surface area contributed by atoms with Crippen LogP contribution in [0.1, 0.15) is 63.4 Å². The molecule has 0 aliphatic heterocycles. The van der Waals surface area contributed by atoms with Crippen LogP contribution >= 0.6 is 11.6 Å². The Hall–Kier alpha value is -1.55. The molecule has 1 amide bonds. The van der Waals surface area contributed by atoms with Gasteiger partial charge in [-0.3, -0.25) is 9.59 Å². The first-order chi connectivity index (χ1) is 11.0. The zero-order chi connectivity index (χ0) is 16.7. The van der Waals surface area contributed by atoms with E-state index in [0.29, 0.717) is 24.3 Å². The van der Waals surface area contributed by atoms with E-state index >= 15 is 0 Å². The fourth-order valence-electron chi connectivity index (χ4n) is 3.30. The van der Waals surface area contributed by atoms with E-state index in [4.69, 9.17) is 16.7 Å². The number of hydrogen-bond acceptors (Lipinski definition) is 2. The summed E-state index contributed by atoms with van der Waals surface area (Å²) in [5, 5.41) is 12.6. The molecule has 5 heteroatoms. The summed E-state index contributed by atoms with van der Waals surface area (Å²) in [4.78, 5) is 22.8. The monoisotopic (exact) mass is 337 g/mol. The standard InChI is InChI=1S/C18H24ClNO3/c19-15-10-8-14(9-11-15)18(12-4-1-5-13-18)20-16(21)6-2-3-7-17(22)23/h8-11H,1-7,12-13H2,(H,20,21)(H,22,23). The number of benzene rings is 1. The molecule has 0 radical (unpaired) electrons. The van der Waals surface area contributed by atoms with Gasteiger partial charge in [0, 0.05) is 17.9 Å². The minimum atomic E-state index is -0.810. The summed E-state index contributed by atoms with van der Waals surface area (Å²) in [6.07, 6.45) is 6.92. The number of carbonyl (C=O) groups is 2. The van der Waals surface area contributed by atoms with Crippen LogP contribution in [-0.2, 0) is 15.1 Å². The summed E-state index contributed by atoms with van der Waals surface area (Å²) < 4.78 is 0. The Morgan fingerprint density at radius 1 is 1.04 bits per heavy atom. The lowest BCUT2D eigenvalue weighted by atomic mass is 9.76. The molecule has 2 N–H and O–H groups in total. The maximum atomic E-state index is 12.3. The second kappa shape index (κ2) is 8.34. The fraction of sp³-hybridized carbons (Fsp3) is 0.556. The van der Waals surface area contributed by atoms with E-state index in [-0.39, 0.29) is 17.9 Å². The van der Waals surface area contributed by atoms with E-state index in [1.54, 1.807) is 0 Å². The van der Waals surface area contributed by atoms with Crippen LogP contribution in [0.5, 0.6) is 0 Å². The number of unbranched alkanes of at least 4 members (excludes halogenated alkanes) is 1. The Morgan fingerprint density at radius 2 is 1.65 bits per heavy atom. The van der Waals surface area contributed by atoms with Crippen molar-refractivity contribution in [3.05, 3.63) is 34.9 Å². The molecular formula is C18H24ClNO3. The van der Waals surface area contributed by atoms with Gasteiger partial charge in [0.15, 0.2) is 0 Å². The molecule has 1 saturated carbocycles. The van der Waals surface area contributed by atoms with Crippen LogP contribution in [0.2, 0.25) is 5.02 Å². The van der Waals surface area contributed by atoms with E-state index in [1.165, 1.54) is 6.42 Å². The van der Waals surface area contributed by atoms with Crippen molar-refractivity contribution in [2.45, 2.75) is 63.3 Å². The van der Waals surface area contributed by atoms with Crippen LogP contribution in [0.4, 0.5) is 0 Å². The van der Waals surface area contributed by atoms with Gasteiger partial charge >= 0.3 is 5.97 Å². The van der Waals surface area contributed by atoms with Crippen molar-refractivity contribution in [3.63, 3.8) is 0 Å². The van der Waals surface area contributed by atoms with Gasteiger partial charge in [0.05, 0.1) is 5.54 Å². The van der Waals surface area contributed by atoms with Crippen molar-refractivity contribution in [3.8, 4) is 0 Å². The number of carbonyl (C=O) groups excluding carboxylic acids is 1. The van der Waals surface area contributed by atoms with Gasteiger partial charge in [-0.2, -0.15) is 0 Å². The van der Waals surface area contributed by atoms with Crippen molar-refractivity contribution in [1.82, 2.24) is 5.32 Å². The molecule has 1 aliphatic carbocycles. The topological polar surface area (TPSA) is 66.4 Å². The first kappa shape index (κ1) is 17.8. The van der Waals surface area contributed by atoms with E-state index in [1.807, 2.05) is 24.3 Å². The van der Waals surface area contributed by atoms with E-state index in [2.05, 4.69) is 5.32 Å². The van der Waals surface area contributed by atoms with Gasteiger partial charge in [0.1, 0.15) is 0 Å². The maximum absolute atomic E-state index is 12.3. The fourth-order valence-corrected chi connectivity index (χ4v) is 3.43. The Morgan fingerprint density at radius 3 is 2.26 bits per heavy atom. The minimum Gasteiger partial charge on any atom is -0.481 e. The molecule has 0 bridgehead atoms. The Kier molecular flexibility index (Phi) is 6.46. The summed E-state index contributed by atoms with van der Waals surface area (Å²) >= 11 is 5.98. The van der Waals surface area contributed by atoms with Crippen molar-refractivity contribution in [2.24, 2.45) is 0 Å². The van der Waals surface area contributed by atoms with Gasteiger partial charge in [-0.1, -0.05) is 43.0 Å². The summed E-state index contributed by atoms with van der Waals surface area (Å²) in [6.45, 7) is 0. The Labute approximate surface area is 142 Å². The van der Waals surface area contributed by atoms with Gasteiger partial charge in [0.2, 0.25) is 5.91 Å². The summed E-state index contributed by atoms with van der Waals surface area (Å²) in [5.41, 5.74) is 0.813. The molecule has 0 spiro atoms. The van der Waals surface area contributed by atoms with Crippen LogP contribution in [0, 0.1) is 0 Å². The number of amides is 1. The maximum Gasteiger partial charge on any atom is 0.303 e. The van der Waals surface area contributed by atoms with Crippen molar-refractivity contribution >= 4 is 23.5 Å². The number of rotatable bonds is 7. The van der Waals surface area contributed by atoms with Gasteiger partial charge in [-0.05, 0) is 43.4 Å². The highest BCUT2D eigenvalue weighted by Gasteiger charge is 2.35. The molecule has 1 aliphatic rings. The molecule has 2 rings (SSSR count). The predicted molar refractivity (Wildman–Crippen MR) is 90.5 cm³/mol. The number of aliphatic carboxylic acids is 1. The summed E-state index contributed by atoms with van der Waals surface area (Å²) in [6, 6.07) is 7.73. The smallest absolute Gasteiger partial charge is 0.303 e. The molecule has 0 atom stereocenters. The zero-order valence-electron chi connectivity index (χ0n) is 13.3. The van der Waals surface area contributed by atoms with Gasteiger partial charge in [-0.25, -0.2) is 0 Å². The first-order valence-electron chi connectivity index (χ1n) is 8.31. The third kappa shape index (κ3) is 5.24. The average Bonchev–Trinajstić information content (AvgIpc) is 2.53. The molecule has 0 saturated heterocycles. The zero-order valence-corrected chi connectivity index (χ0v) is 14.1. The number of carboxylic acids is 1. The average molecular weight is 338 g/mol. The first-order valence-corrected chi connectivity index (χ1v) is 8.68. The highest BCUT2D eigenvalue weighted by Crippen LogP contribution is 2.37. The van der Waals surface area contributed by atoms with Crippen LogP contribution in [0.25, 0.3) is 0 Å².